The van der Waals surface area contributed by atoms with Crippen LogP contribution in [-0.2, 0) is 15.4 Å². The van der Waals surface area contributed by atoms with Crippen molar-refractivity contribution in [2.45, 2.75) is 36.5 Å². The van der Waals surface area contributed by atoms with Crippen molar-refractivity contribution >= 4 is 25.8 Å². The van der Waals surface area contributed by atoms with E-state index in [9.17, 15) is 18.1 Å². The molecular formula is C13H15BrFN3O2S. The molecule has 1 aliphatic rings. The summed E-state index contributed by atoms with van der Waals surface area (Å²) in [5.74, 6) is -1.30. The lowest BCUT2D eigenvalue weighted by molar-refractivity contribution is 0.397. The van der Waals surface area contributed by atoms with Crippen LogP contribution >= 0.6 is 15.9 Å². The van der Waals surface area contributed by atoms with Gasteiger partial charge in [-0.15, -0.1) is 0 Å². The molecule has 0 spiro atoms. The highest BCUT2D eigenvalue weighted by atomic mass is 79.9. The van der Waals surface area contributed by atoms with Crippen molar-refractivity contribution in [2.75, 3.05) is 5.75 Å². The molecule has 0 radical (unpaired) electrons. The number of sulfone groups is 1. The van der Waals surface area contributed by atoms with E-state index in [2.05, 4.69) is 20.9 Å². The molecule has 1 fully saturated rings. The standard InChI is InChI=1S/C13H15BrFN3O2S/c1-12(17,10-5-9(14)6-18-11(10)15)8-21(19,20)13(7-16)3-2-4-13/h5-6H,2-4,8,17H2,1H3/t12-/m0/s1. The van der Waals surface area contributed by atoms with Crippen molar-refractivity contribution in [3.05, 3.63) is 28.2 Å². The second-order valence-electron chi connectivity index (χ2n) is 5.63. The minimum absolute atomic E-state index is 0.00728. The maximum absolute atomic E-state index is 13.8. The highest BCUT2D eigenvalue weighted by Crippen LogP contribution is 2.41. The van der Waals surface area contributed by atoms with E-state index in [1.54, 1.807) is 0 Å². The van der Waals surface area contributed by atoms with Crippen LogP contribution in [0.2, 0.25) is 0 Å². The summed E-state index contributed by atoms with van der Waals surface area (Å²) in [5, 5.41) is 9.17. The first-order valence-electron chi connectivity index (χ1n) is 6.37. The van der Waals surface area contributed by atoms with Crippen molar-refractivity contribution in [1.82, 2.24) is 4.98 Å². The molecule has 0 saturated heterocycles. The summed E-state index contributed by atoms with van der Waals surface area (Å²) in [4.78, 5) is 3.54. The molecule has 0 aliphatic heterocycles. The number of aromatic nitrogens is 1. The Morgan fingerprint density at radius 2 is 2.24 bits per heavy atom. The van der Waals surface area contributed by atoms with Crippen LogP contribution in [0.5, 0.6) is 0 Å². The van der Waals surface area contributed by atoms with E-state index in [4.69, 9.17) is 5.73 Å². The molecule has 114 valence electrons. The third-order valence-electron chi connectivity index (χ3n) is 3.87. The number of rotatable bonds is 4. The minimum Gasteiger partial charge on any atom is -0.321 e. The van der Waals surface area contributed by atoms with E-state index in [-0.39, 0.29) is 5.56 Å². The van der Waals surface area contributed by atoms with Gasteiger partial charge < -0.3 is 5.73 Å². The van der Waals surface area contributed by atoms with Gasteiger partial charge in [-0.3, -0.25) is 0 Å². The van der Waals surface area contributed by atoms with Gasteiger partial charge in [0.2, 0.25) is 5.95 Å². The third-order valence-corrected chi connectivity index (χ3v) is 6.97. The van der Waals surface area contributed by atoms with Gasteiger partial charge >= 0.3 is 0 Å². The van der Waals surface area contributed by atoms with Gasteiger partial charge in [-0.2, -0.15) is 9.65 Å². The predicted molar refractivity (Wildman–Crippen MR) is 79.4 cm³/mol. The maximum Gasteiger partial charge on any atom is 0.217 e. The average molecular weight is 376 g/mol. The molecular weight excluding hydrogens is 361 g/mol. The van der Waals surface area contributed by atoms with Gasteiger partial charge in [0.05, 0.1) is 17.4 Å². The molecule has 1 aromatic rings. The van der Waals surface area contributed by atoms with Crippen LogP contribution < -0.4 is 5.73 Å². The fraction of sp³-hybridized carbons (Fsp3) is 0.538. The van der Waals surface area contributed by atoms with Crippen molar-refractivity contribution in [2.24, 2.45) is 5.73 Å². The molecule has 0 bridgehead atoms. The van der Waals surface area contributed by atoms with E-state index in [1.807, 2.05) is 6.07 Å². The van der Waals surface area contributed by atoms with Crippen molar-refractivity contribution in [1.29, 1.82) is 5.26 Å². The molecule has 0 amide bonds. The van der Waals surface area contributed by atoms with E-state index >= 15 is 0 Å². The highest BCUT2D eigenvalue weighted by Gasteiger charge is 2.51. The zero-order chi connectivity index (χ0) is 15.9. The number of nitrogens with two attached hydrogens (primary N) is 1. The first-order valence-corrected chi connectivity index (χ1v) is 8.82. The molecule has 1 saturated carbocycles. The number of nitriles is 1. The van der Waals surface area contributed by atoms with Crippen LogP contribution in [0, 0.1) is 17.3 Å². The molecule has 5 nitrogen and oxygen atoms in total. The first-order chi connectivity index (χ1) is 9.63. The summed E-state index contributed by atoms with van der Waals surface area (Å²) in [6.07, 6.45) is 2.58. The topological polar surface area (TPSA) is 96.8 Å². The third kappa shape index (κ3) is 2.82. The normalized spacial score (nSPS) is 20.1. The fourth-order valence-corrected chi connectivity index (χ4v) is 5.03. The summed E-state index contributed by atoms with van der Waals surface area (Å²) in [6.45, 7) is 1.43. The quantitative estimate of drug-likeness (QED) is 0.811. The van der Waals surface area contributed by atoms with Gasteiger partial charge in [-0.05, 0) is 48.2 Å². The molecule has 1 heterocycles. The summed E-state index contributed by atoms with van der Waals surface area (Å²) in [6, 6.07) is 3.31. The van der Waals surface area contributed by atoms with E-state index in [0.29, 0.717) is 23.7 Å². The Kier molecular flexibility index (Phi) is 4.12. The minimum atomic E-state index is -3.77. The monoisotopic (exact) mass is 375 g/mol. The van der Waals surface area contributed by atoms with Crippen LogP contribution in [0.3, 0.4) is 0 Å². The van der Waals surface area contributed by atoms with Crippen LogP contribution in [-0.4, -0.2) is 23.9 Å². The summed E-state index contributed by atoms with van der Waals surface area (Å²) >= 11 is 3.16. The lowest BCUT2D eigenvalue weighted by atomic mass is 9.86. The summed E-state index contributed by atoms with van der Waals surface area (Å²) in [7, 11) is -3.77. The van der Waals surface area contributed by atoms with Gasteiger partial charge in [-0.25, -0.2) is 13.4 Å². The van der Waals surface area contributed by atoms with Crippen molar-refractivity contribution in [3.8, 4) is 6.07 Å². The fourth-order valence-electron chi connectivity index (χ4n) is 2.42. The average Bonchev–Trinajstić information content (AvgIpc) is 2.29. The molecule has 0 aromatic carbocycles. The summed E-state index contributed by atoms with van der Waals surface area (Å²) < 4.78 is 38.0. The van der Waals surface area contributed by atoms with Gasteiger partial charge in [0, 0.05) is 16.2 Å². The lowest BCUT2D eigenvalue weighted by Crippen LogP contribution is -2.51. The molecule has 1 atom stereocenters. The maximum atomic E-state index is 13.8. The first kappa shape index (κ1) is 16.3. The number of pyridine rings is 1. The van der Waals surface area contributed by atoms with Crippen LogP contribution in [0.15, 0.2) is 16.7 Å². The van der Waals surface area contributed by atoms with Crippen LogP contribution in [0.4, 0.5) is 4.39 Å². The van der Waals surface area contributed by atoms with E-state index in [0.717, 1.165) is 0 Å². The molecule has 0 unspecified atom stereocenters. The molecule has 1 aliphatic carbocycles. The van der Waals surface area contributed by atoms with E-state index < -0.39 is 31.8 Å². The molecule has 2 N–H and O–H groups in total. The molecule has 2 rings (SSSR count). The Bertz CT molecular complexity index is 709. The zero-order valence-corrected chi connectivity index (χ0v) is 13.8. The Morgan fingerprint density at radius 3 is 2.71 bits per heavy atom. The largest absolute Gasteiger partial charge is 0.321 e. The molecule has 21 heavy (non-hydrogen) atoms. The number of halogens is 2. The van der Waals surface area contributed by atoms with Gasteiger partial charge in [0.25, 0.3) is 0 Å². The molecule has 1 aromatic heterocycles. The van der Waals surface area contributed by atoms with Gasteiger partial charge in [0.15, 0.2) is 14.6 Å². The second-order valence-corrected chi connectivity index (χ2v) is 8.84. The SMILES string of the molecule is C[C@](N)(CS(=O)(=O)C1(C#N)CCC1)c1cc(Br)cnc1F. The number of hydrogen-bond donors (Lipinski definition) is 1. The highest BCUT2D eigenvalue weighted by molar-refractivity contribution is 9.10. The van der Waals surface area contributed by atoms with Gasteiger partial charge in [-0.1, -0.05) is 0 Å². The van der Waals surface area contributed by atoms with Crippen LogP contribution in [0.25, 0.3) is 0 Å². The van der Waals surface area contributed by atoms with Crippen molar-refractivity contribution in [3.63, 3.8) is 0 Å². The van der Waals surface area contributed by atoms with Crippen LogP contribution in [0.1, 0.15) is 31.7 Å². The smallest absolute Gasteiger partial charge is 0.217 e. The lowest BCUT2D eigenvalue weighted by Gasteiger charge is -2.37. The summed E-state index contributed by atoms with van der Waals surface area (Å²) in [5.41, 5.74) is 4.58. The Labute approximate surface area is 131 Å². The second kappa shape index (κ2) is 5.30. The predicted octanol–water partition coefficient (Wildman–Crippen LogP) is 2.02. The van der Waals surface area contributed by atoms with Crippen molar-refractivity contribution < 1.29 is 12.8 Å². The number of nitrogens with zero attached hydrogens (tertiary/aromatic N) is 2. The van der Waals surface area contributed by atoms with E-state index in [1.165, 1.54) is 19.2 Å². The number of hydrogen-bond acceptors (Lipinski definition) is 5. The Balaban J connectivity index is 2.38. The molecule has 8 heteroatoms. The Hall–Kier alpha value is -1.04. The zero-order valence-electron chi connectivity index (χ0n) is 11.4. The van der Waals surface area contributed by atoms with Gasteiger partial charge in [0.1, 0.15) is 0 Å². The Morgan fingerprint density at radius 1 is 1.62 bits per heavy atom.